The van der Waals surface area contributed by atoms with Crippen LogP contribution < -0.4 is 5.32 Å². The zero-order chi connectivity index (χ0) is 15.5. The Labute approximate surface area is 131 Å². The molecule has 5 nitrogen and oxygen atoms in total. The molecule has 1 heterocycles. The lowest BCUT2D eigenvalue weighted by Crippen LogP contribution is -2.49. The molecule has 2 aliphatic rings. The monoisotopic (exact) mass is 301 g/mol. The highest BCUT2D eigenvalue weighted by molar-refractivity contribution is 5.95. The number of piperazine rings is 1. The van der Waals surface area contributed by atoms with Crippen LogP contribution in [0.15, 0.2) is 24.3 Å². The van der Waals surface area contributed by atoms with Crippen LogP contribution in [0.25, 0.3) is 0 Å². The summed E-state index contributed by atoms with van der Waals surface area (Å²) in [7, 11) is 0. The van der Waals surface area contributed by atoms with E-state index in [1.54, 1.807) is 24.3 Å². The molecule has 1 saturated carbocycles. The number of carbonyl (C=O) groups excluding carboxylic acids is 2. The van der Waals surface area contributed by atoms with Gasteiger partial charge in [-0.15, -0.1) is 0 Å². The second-order valence-electron chi connectivity index (χ2n) is 6.29. The highest BCUT2D eigenvalue weighted by Gasteiger charge is 2.27. The SMILES string of the molecule is CC(=O)Nc1ccc(C(=O)N2CCN(CC3CC3)CC2)cc1. The third-order valence-corrected chi connectivity index (χ3v) is 4.33. The van der Waals surface area contributed by atoms with Crippen molar-refractivity contribution in [2.45, 2.75) is 19.8 Å². The molecule has 1 saturated heterocycles. The number of carbonyl (C=O) groups is 2. The van der Waals surface area contributed by atoms with Gasteiger partial charge in [-0.2, -0.15) is 0 Å². The highest BCUT2D eigenvalue weighted by Crippen LogP contribution is 2.30. The molecule has 3 rings (SSSR count). The third kappa shape index (κ3) is 3.85. The molecule has 1 aromatic carbocycles. The van der Waals surface area contributed by atoms with Crippen molar-refractivity contribution >= 4 is 17.5 Å². The van der Waals surface area contributed by atoms with Gasteiger partial charge in [-0.3, -0.25) is 14.5 Å². The second kappa shape index (κ2) is 6.48. The van der Waals surface area contributed by atoms with Gasteiger partial charge in [0.25, 0.3) is 5.91 Å². The number of anilines is 1. The van der Waals surface area contributed by atoms with E-state index in [4.69, 9.17) is 0 Å². The van der Waals surface area contributed by atoms with Crippen molar-refractivity contribution in [3.63, 3.8) is 0 Å². The molecule has 1 aliphatic carbocycles. The molecule has 5 heteroatoms. The maximum atomic E-state index is 12.5. The zero-order valence-corrected chi connectivity index (χ0v) is 13.0. The third-order valence-electron chi connectivity index (χ3n) is 4.33. The molecule has 0 unspecified atom stereocenters. The Morgan fingerprint density at radius 3 is 2.27 bits per heavy atom. The van der Waals surface area contributed by atoms with Gasteiger partial charge in [-0.1, -0.05) is 0 Å². The molecule has 0 atom stereocenters. The number of benzene rings is 1. The van der Waals surface area contributed by atoms with Crippen molar-refractivity contribution in [2.75, 3.05) is 38.0 Å². The smallest absolute Gasteiger partial charge is 0.253 e. The van der Waals surface area contributed by atoms with Gasteiger partial charge < -0.3 is 10.2 Å². The zero-order valence-electron chi connectivity index (χ0n) is 13.0. The Bertz CT molecular complexity index is 544. The molecule has 0 spiro atoms. The van der Waals surface area contributed by atoms with Gasteiger partial charge in [0.05, 0.1) is 0 Å². The van der Waals surface area contributed by atoms with Crippen molar-refractivity contribution < 1.29 is 9.59 Å². The number of hydrogen-bond acceptors (Lipinski definition) is 3. The Hall–Kier alpha value is -1.88. The van der Waals surface area contributed by atoms with E-state index in [-0.39, 0.29) is 11.8 Å². The topological polar surface area (TPSA) is 52.7 Å². The van der Waals surface area contributed by atoms with Crippen molar-refractivity contribution in [1.82, 2.24) is 9.80 Å². The van der Waals surface area contributed by atoms with Gasteiger partial charge in [-0.25, -0.2) is 0 Å². The maximum absolute atomic E-state index is 12.5. The van der Waals surface area contributed by atoms with E-state index in [1.807, 2.05) is 4.90 Å². The standard InChI is InChI=1S/C17H23N3O2/c1-13(21)18-16-6-4-15(5-7-16)17(22)20-10-8-19(9-11-20)12-14-2-3-14/h4-7,14H,2-3,8-12H2,1H3,(H,18,21). The van der Waals surface area contributed by atoms with E-state index in [1.165, 1.54) is 26.3 Å². The first kappa shape index (κ1) is 15.0. The quantitative estimate of drug-likeness (QED) is 0.923. The van der Waals surface area contributed by atoms with Gasteiger partial charge in [0.2, 0.25) is 5.91 Å². The summed E-state index contributed by atoms with van der Waals surface area (Å²) < 4.78 is 0. The summed E-state index contributed by atoms with van der Waals surface area (Å²) in [5.74, 6) is 0.884. The Morgan fingerprint density at radius 1 is 1.09 bits per heavy atom. The van der Waals surface area contributed by atoms with Gasteiger partial charge in [-0.05, 0) is 43.0 Å². The molecule has 2 amide bonds. The average molecular weight is 301 g/mol. The highest BCUT2D eigenvalue weighted by atomic mass is 16.2. The molecule has 0 radical (unpaired) electrons. The number of nitrogens with zero attached hydrogens (tertiary/aromatic N) is 2. The van der Waals surface area contributed by atoms with E-state index in [9.17, 15) is 9.59 Å². The van der Waals surface area contributed by atoms with Crippen LogP contribution in [0.4, 0.5) is 5.69 Å². The van der Waals surface area contributed by atoms with Gasteiger partial charge >= 0.3 is 0 Å². The average Bonchev–Trinajstić information content (AvgIpc) is 3.31. The first-order chi connectivity index (χ1) is 10.6. The summed E-state index contributed by atoms with van der Waals surface area (Å²) in [5, 5.41) is 2.71. The van der Waals surface area contributed by atoms with Gasteiger partial charge in [0.15, 0.2) is 0 Å². The molecule has 0 aromatic heterocycles. The fraction of sp³-hybridized carbons (Fsp3) is 0.529. The normalized spacial score (nSPS) is 19.0. The minimum atomic E-state index is -0.106. The lowest BCUT2D eigenvalue weighted by molar-refractivity contribution is -0.114. The fourth-order valence-electron chi connectivity index (χ4n) is 2.88. The Morgan fingerprint density at radius 2 is 1.73 bits per heavy atom. The molecule has 118 valence electrons. The largest absolute Gasteiger partial charge is 0.336 e. The molecule has 0 bridgehead atoms. The fourth-order valence-corrected chi connectivity index (χ4v) is 2.88. The summed E-state index contributed by atoms with van der Waals surface area (Å²) in [6, 6.07) is 7.12. The predicted octanol–water partition coefficient (Wildman–Crippen LogP) is 1.81. The van der Waals surface area contributed by atoms with E-state index < -0.39 is 0 Å². The molecule has 2 fully saturated rings. The Kier molecular flexibility index (Phi) is 4.43. The lowest BCUT2D eigenvalue weighted by Gasteiger charge is -2.34. The maximum Gasteiger partial charge on any atom is 0.253 e. The summed E-state index contributed by atoms with van der Waals surface area (Å²) >= 11 is 0. The minimum absolute atomic E-state index is 0.0837. The van der Waals surface area contributed by atoms with Crippen LogP contribution in [0.1, 0.15) is 30.1 Å². The molecular formula is C17H23N3O2. The van der Waals surface area contributed by atoms with Gasteiger partial charge in [0, 0.05) is 50.9 Å². The Balaban J connectivity index is 1.53. The molecule has 22 heavy (non-hydrogen) atoms. The van der Waals surface area contributed by atoms with Crippen molar-refractivity contribution in [3.8, 4) is 0 Å². The van der Waals surface area contributed by atoms with Crippen molar-refractivity contribution in [2.24, 2.45) is 5.92 Å². The second-order valence-corrected chi connectivity index (χ2v) is 6.29. The summed E-state index contributed by atoms with van der Waals surface area (Å²) in [5.41, 5.74) is 1.41. The number of nitrogens with one attached hydrogen (secondary N) is 1. The molecule has 1 N–H and O–H groups in total. The van der Waals surface area contributed by atoms with Crippen LogP contribution in [0.2, 0.25) is 0 Å². The first-order valence-corrected chi connectivity index (χ1v) is 8.01. The van der Waals surface area contributed by atoms with Gasteiger partial charge in [0.1, 0.15) is 0 Å². The van der Waals surface area contributed by atoms with E-state index in [0.29, 0.717) is 5.56 Å². The van der Waals surface area contributed by atoms with Crippen LogP contribution in [0, 0.1) is 5.92 Å². The molecule has 1 aliphatic heterocycles. The minimum Gasteiger partial charge on any atom is -0.336 e. The number of rotatable bonds is 4. The van der Waals surface area contributed by atoms with Crippen LogP contribution >= 0.6 is 0 Å². The van der Waals surface area contributed by atoms with Crippen LogP contribution in [-0.4, -0.2) is 54.3 Å². The summed E-state index contributed by atoms with van der Waals surface area (Å²) in [6.45, 7) is 6.24. The van der Waals surface area contributed by atoms with Crippen molar-refractivity contribution in [3.05, 3.63) is 29.8 Å². The first-order valence-electron chi connectivity index (χ1n) is 8.01. The van der Waals surface area contributed by atoms with E-state index in [0.717, 1.165) is 37.8 Å². The predicted molar refractivity (Wildman–Crippen MR) is 85.8 cm³/mol. The van der Waals surface area contributed by atoms with Crippen LogP contribution in [-0.2, 0) is 4.79 Å². The summed E-state index contributed by atoms with van der Waals surface area (Å²) in [6.07, 6.45) is 2.75. The summed E-state index contributed by atoms with van der Waals surface area (Å²) in [4.78, 5) is 27.9. The van der Waals surface area contributed by atoms with Crippen molar-refractivity contribution in [1.29, 1.82) is 0 Å². The number of hydrogen-bond donors (Lipinski definition) is 1. The molecular weight excluding hydrogens is 278 g/mol. The molecule has 1 aromatic rings. The lowest BCUT2D eigenvalue weighted by atomic mass is 10.1. The van der Waals surface area contributed by atoms with Crippen LogP contribution in [0.5, 0.6) is 0 Å². The van der Waals surface area contributed by atoms with Crippen LogP contribution in [0.3, 0.4) is 0 Å². The number of amides is 2. The van der Waals surface area contributed by atoms with E-state index in [2.05, 4.69) is 10.2 Å². The van der Waals surface area contributed by atoms with E-state index >= 15 is 0 Å².